The zero-order valence-corrected chi connectivity index (χ0v) is 19.1. The van der Waals surface area contributed by atoms with Crippen molar-refractivity contribution >= 4 is 18.0 Å². The molecule has 0 aliphatic heterocycles. The molecule has 2 aromatic rings. The van der Waals surface area contributed by atoms with E-state index in [1.165, 1.54) is 4.90 Å². The van der Waals surface area contributed by atoms with Crippen LogP contribution in [0.2, 0.25) is 0 Å². The number of hydrogen-bond donors (Lipinski definition) is 2. The predicted molar refractivity (Wildman–Crippen MR) is 125 cm³/mol. The van der Waals surface area contributed by atoms with Crippen LogP contribution in [0.15, 0.2) is 48.5 Å². The highest BCUT2D eigenvalue weighted by atomic mass is 16.5. The number of benzene rings is 2. The molecule has 2 aromatic carbocycles. The van der Waals surface area contributed by atoms with Gasteiger partial charge in [0.05, 0.1) is 6.54 Å². The second kappa shape index (κ2) is 10.2. The number of carboxylic acids is 1. The third-order valence-electron chi connectivity index (χ3n) is 5.14. The van der Waals surface area contributed by atoms with Crippen LogP contribution >= 0.6 is 0 Å². The van der Waals surface area contributed by atoms with Crippen LogP contribution in [0.25, 0.3) is 11.1 Å². The molecule has 2 amide bonds. The van der Waals surface area contributed by atoms with E-state index in [2.05, 4.69) is 29.3 Å². The molecule has 0 atom stereocenters. The number of amides is 2. The predicted octanol–water partition coefficient (Wildman–Crippen LogP) is 3.49. The van der Waals surface area contributed by atoms with Crippen LogP contribution in [-0.2, 0) is 14.3 Å². The van der Waals surface area contributed by atoms with Gasteiger partial charge in [0, 0.05) is 12.5 Å². The number of aliphatic carboxylic acids is 1. The summed E-state index contributed by atoms with van der Waals surface area (Å²) in [5.74, 6) is 3.22. The van der Waals surface area contributed by atoms with Crippen LogP contribution in [0.4, 0.5) is 4.79 Å². The second-order valence-corrected chi connectivity index (χ2v) is 9.10. The number of carbonyl (C=O) groups is 3. The Bertz CT molecular complexity index is 1060. The van der Waals surface area contributed by atoms with Crippen LogP contribution in [0, 0.1) is 17.3 Å². The van der Waals surface area contributed by atoms with E-state index in [9.17, 15) is 14.4 Å². The first kappa shape index (κ1) is 23.9. The highest BCUT2D eigenvalue weighted by Crippen LogP contribution is 2.44. The SMILES string of the molecule is CC(C)(C)CN(CC(=O)O)C(=O)C#CCNC(=O)OCC1c2ccccc2-c2ccccc21. The Balaban J connectivity index is 1.53. The molecule has 0 bridgehead atoms. The number of carboxylic acid groups (broad SMARTS) is 1. The van der Waals surface area contributed by atoms with Crippen molar-refractivity contribution in [2.75, 3.05) is 26.2 Å². The topological polar surface area (TPSA) is 95.9 Å². The zero-order chi connectivity index (χ0) is 24.0. The quantitative estimate of drug-likeness (QED) is 0.660. The molecule has 3 rings (SSSR count). The Kier molecular flexibility index (Phi) is 7.39. The van der Waals surface area contributed by atoms with E-state index < -0.39 is 24.5 Å². The Morgan fingerprint density at radius 2 is 1.61 bits per heavy atom. The van der Waals surface area contributed by atoms with Gasteiger partial charge in [0.25, 0.3) is 5.91 Å². The number of rotatable bonds is 6. The van der Waals surface area contributed by atoms with Gasteiger partial charge in [-0.15, -0.1) is 0 Å². The van der Waals surface area contributed by atoms with Crippen LogP contribution in [0.1, 0.15) is 37.8 Å². The summed E-state index contributed by atoms with van der Waals surface area (Å²) in [7, 11) is 0. The molecule has 0 fully saturated rings. The summed E-state index contributed by atoms with van der Waals surface area (Å²) < 4.78 is 5.42. The monoisotopic (exact) mass is 448 g/mol. The molecule has 7 heteroatoms. The number of carbonyl (C=O) groups excluding carboxylic acids is 2. The lowest BCUT2D eigenvalue weighted by Crippen LogP contribution is -2.40. The molecule has 0 heterocycles. The molecule has 2 N–H and O–H groups in total. The van der Waals surface area contributed by atoms with Crippen molar-refractivity contribution in [3.8, 4) is 23.0 Å². The summed E-state index contributed by atoms with van der Waals surface area (Å²) in [4.78, 5) is 36.7. The van der Waals surface area contributed by atoms with Gasteiger partial charge in [-0.05, 0) is 33.6 Å². The number of fused-ring (bicyclic) bond motifs is 3. The third kappa shape index (κ3) is 6.36. The molecule has 0 unspecified atom stereocenters. The first-order valence-corrected chi connectivity index (χ1v) is 10.7. The van der Waals surface area contributed by atoms with Crippen LogP contribution in [0.5, 0.6) is 0 Å². The summed E-state index contributed by atoms with van der Waals surface area (Å²) in [6, 6.07) is 16.1. The average Bonchev–Trinajstić information content (AvgIpc) is 3.07. The maximum Gasteiger partial charge on any atom is 0.407 e. The van der Waals surface area contributed by atoms with Gasteiger partial charge in [-0.3, -0.25) is 9.59 Å². The van der Waals surface area contributed by atoms with Gasteiger partial charge in [0.2, 0.25) is 0 Å². The van der Waals surface area contributed by atoms with E-state index in [0.29, 0.717) is 0 Å². The fraction of sp³-hybridized carbons (Fsp3) is 0.346. The van der Waals surface area contributed by atoms with Crippen molar-refractivity contribution in [3.63, 3.8) is 0 Å². The van der Waals surface area contributed by atoms with Gasteiger partial charge in [0.1, 0.15) is 13.2 Å². The molecule has 172 valence electrons. The zero-order valence-electron chi connectivity index (χ0n) is 19.1. The van der Waals surface area contributed by atoms with Gasteiger partial charge < -0.3 is 20.1 Å². The molecule has 0 saturated heterocycles. The summed E-state index contributed by atoms with van der Waals surface area (Å²) in [6.07, 6.45) is -0.629. The molecule has 33 heavy (non-hydrogen) atoms. The number of hydrogen-bond acceptors (Lipinski definition) is 4. The van der Waals surface area contributed by atoms with E-state index in [-0.39, 0.29) is 31.0 Å². The van der Waals surface area contributed by atoms with Crippen LogP contribution in [0.3, 0.4) is 0 Å². The maximum absolute atomic E-state index is 12.3. The standard InChI is InChI=1S/C26H28N2O5/c1-26(2,3)17-28(15-24(30)31)23(29)13-8-14-27-25(32)33-16-22-20-11-6-4-9-18(20)19-10-5-7-12-21(19)22/h4-7,9-12,22H,14-17H2,1-3H3,(H,27,32)(H,30,31). The van der Waals surface area contributed by atoms with Crippen molar-refractivity contribution in [2.45, 2.75) is 26.7 Å². The molecule has 0 radical (unpaired) electrons. The average molecular weight is 449 g/mol. The van der Waals surface area contributed by atoms with Crippen molar-refractivity contribution in [3.05, 3.63) is 59.7 Å². The number of nitrogens with zero attached hydrogens (tertiary/aromatic N) is 1. The fourth-order valence-corrected chi connectivity index (χ4v) is 3.90. The number of ether oxygens (including phenoxy) is 1. The lowest BCUT2D eigenvalue weighted by atomic mass is 9.96. The van der Waals surface area contributed by atoms with E-state index in [1.54, 1.807) is 0 Å². The molecular formula is C26H28N2O5. The Hall–Kier alpha value is -3.79. The second-order valence-electron chi connectivity index (χ2n) is 9.10. The molecule has 0 spiro atoms. The lowest BCUT2D eigenvalue weighted by Gasteiger charge is -2.27. The van der Waals surface area contributed by atoms with Gasteiger partial charge in [0.15, 0.2) is 0 Å². The Morgan fingerprint density at radius 1 is 1.03 bits per heavy atom. The Labute approximate surface area is 193 Å². The van der Waals surface area contributed by atoms with E-state index in [0.717, 1.165) is 22.3 Å². The smallest absolute Gasteiger partial charge is 0.407 e. The first-order valence-electron chi connectivity index (χ1n) is 10.7. The van der Waals surface area contributed by atoms with Gasteiger partial charge in [-0.2, -0.15) is 0 Å². The van der Waals surface area contributed by atoms with Crippen molar-refractivity contribution in [1.29, 1.82) is 0 Å². The first-order chi connectivity index (χ1) is 15.7. The summed E-state index contributed by atoms with van der Waals surface area (Å²) in [6.45, 7) is 5.64. The highest BCUT2D eigenvalue weighted by molar-refractivity contribution is 5.95. The molecule has 1 aliphatic carbocycles. The lowest BCUT2D eigenvalue weighted by molar-refractivity contribution is -0.143. The normalized spacial score (nSPS) is 12.1. The van der Waals surface area contributed by atoms with Crippen molar-refractivity contribution < 1.29 is 24.2 Å². The van der Waals surface area contributed by atoms with E-state index >= 15 is 0 Å². The van der Waals surface area contributed by atoms with Crippen molar-refractivity contribution in [1.82, 2.24) is 10.2 Å². The van der Waals surface area contributed by atoms with E-state index in [1.807, 2.05) is 57.2 Å². The summed E-state index contributed by atoms with van der Waals surface area (Å²) in [5.41, 5.74) is 4.26. The molecule has 0 aromatic heterocycles. The minimum Gasteiger partial charge on any atom is -0.480 e. The van der Waals surface area contributed by atoms with Crippen LogP contribution < -0.4 is 5.32 Å². The Morgan fingerprint density at radius 3 is 2.15 bits per heavy atom. The summed E-state index contributed by atoms with van der Waals surface area (Å²) >= 11 is 0. The van der Waals surface area contributed by atoms with Crippen LogP contribution in [-0.4, -0.2) is 54.2 Å². The van der Waals surface area contributed by atoms with E-state index in [4.69, 9.17) is 9.84 Å². The van der Waals surface area contributed by atoms with Gasteiger partial charge in [-0.25, -0.2) is 4.79 Å². The number of nitrogens with one attached hydrogen (secondary N) is 1. The van der Waals surface area contributed by atoms with Gasteiger partial charge in [-0.1, -0.05) is 75.2 Å². The molecule has 0 saturated carbocycles. The third-order valence-corrected chi connectivity index (χ3v) is 5.14. The highest BCUT2D eigenvalue weighted by Gasteiger charge is 2.29. The maximum atomic E-state index is 12.3. The van der Waals surface area contributed by atoms with Crippen molar-refractivity contribution in [2.24, 2.45) is 5.41 Å². The molecular weight excluding hydrogens is 420 g/mol. The molecule has 1 aliphatic rings. The summed E-state index contributed by atoms with van der Waals surface area (Å²) in [5, 5.41) is 11.5. The minimum absolute atomic E-state index is 0.0437. The van der Waals surface area contributed by atoms with Gasteiger partial charge >= 0.3 is 12.1 Å². The minimum atomic E-state index is -1.11. The molecule has 7 nitrogen and oxygen atoms in total. The number of alkyl carbamates (subject to hydrolysis) is 1. The largest absolute Gasteiger partial charge is 0.480 e. The fourth-order valence-electron chi connectivity index (χ4n) is 3.90.